The molecule has 0 aromatic heterocycles. The molecule has 1 aliphatic rings. The molecule has 2 rings (SSSR count). The van der Waals surface area contributed by atoms with Crippen LogP contribution in [0.25, 0.3) is 0 Å². The van der Waals surface area contributed by atoms with Crippen LogP contribution >= 0.6 is 0 Å². The third-order valence-electron chi connectivity index (χ3n) is 4.20. The monoisotopic (exact) mass is 293 g/mol. The molecule has 4 heteroatoms. The number of benzene rings is 1. The second-order valence-corrected chi connectivity index (χ2v) is 5.84. The summed E-state index contributed by atoms with van der Waals surface area (Å²) in [5.41, 5.74) is 1.16. The fourth-order valence-electron chi connectivity index (χ4n) is 2.79. The summed E-state index contributed by atoms with van der Waals surface area (Å²) >= 11 is 0. The number of piperidine rings is 1. The largest absolute Gasteiger partial charge is 0.497 e. The van der Waals surface area contributed by atoms with Gasteiger partial charge in [-0.2, -0.15) is 0 Å². The van der Waals surface area contributed by atoms with Crippen molar-refractivity contribution >= 4 is 0 Å². The lowest BCUT2D eigenvalue weighted by molar-refractivity contribution is 0.0398. The summed E-state index contributed by atoms with van der Waals surface area (Å²) in [6, 6.07) is 7.97. The number of hydrogen-bond donors (Lipinski definition) is 1. The zero-order valence-corrected chi connectivity index (χ0v) is 13.1. The maximum atomic E-state index is 9.69. The first kappa shape index (κ1) is 16.3. The smallest absolute Gasteiger partial charge is 0.118 e. The molecular formula is C17H27NO3. The van der Waals surface area contributed by atoms with E-state index in [4.69, 9.17) is 9.47 Å². The van der Waals surface area contributed by atoms with Gasteiger partial charge in [0.25, 0.3) is 0 Å². The van der Waals surface area contributed by atoms with Gasteiger partial charge in [0.05, 0.1) is 26.4 Å². The molecular weight excluding hydrogens is 266 g/mol. The minimum atomic E-state index is -0.201. The fraction of sp³-hybridized carbons (Fsp3) is 0.647. The molecule has 4 nitrogen and oxygen atoms in total. The lowest BCUT2D eigenvalue weighted by atomic mass is 9.93. The van der Waals surface area contributed by atoms with Crippen molar-refractivity contribution < 1.29 is 14.6 Å². The van der Waals surface area contributed by atoms with E-state index < -0.39 is 0 Å². The van der Waals surface area contributed by atoms with E-state index in [1.165, 1.54) is 6.42 Å². The van der Waals surface area contributed by atoms with Crippen molar-refractivity contribution in [3.63, 3.8) is 0 Å². The van der Waals surface area contributed by atoms with E-state index in [1.54, 1.807) is 7.11 Å². The Morgan fingerprint density at radius 2 is 2.10 bits per heavy atom. The van der Waals surface area contributed by atoms with Crippen molar-refractivity contribution in [1.29, 1.82) is 0 Å². The summed E-state index contributed by atoms with van der Waals surface area (Å²) in [5, 5.41) is 9.69. The Kier molecular flexibility index (Phi) is 6.49. The van der Waals surface area contributed by atoms with Gasteiger partial charge in [0.1, 0.15) is 5.75 Å². The van der Waals surface area contributed by atoms with Crippen LogP contribution in [0, 0.1) is 5.92 Å². The van der Waals surface area contributed by atoms with Crippen molar-refractivity contribution in [2.24, 2.45) is 5.92 Å². The average Bonchev–Trinajstić information content (AvgIpc) is 2.52. The predicted molar refractivity (Wildman–Crippen MR) is 83.5 cm³/mol. The molecule has 1 N–H and O–H groups in total. The van der Waals surface area contributed by atoms with E-state index in [2.05, 4.69) is 4.90 Å². The number of hydrogen-bond acceptors (Lipinski definition) is 4. The van der Waals surface area contributed by atoms with Crippen molar-refractivity contribution in [3.8, 4) is 5.75 Å². The molecule has 0 bridgehead atoms. The minimum Gasteiger partial charge on any atom is -0.497 e. The second kappa shape index (κ2) is 8.37. The van der Waals surface area contributed by atoms with Crippen molar-refractivity contribution in [3.05, 3.63) is 29.8 Å². The van der Waals surface area contributed by atoms with Crippen molar-refractivity contribution in [2.75, 3.05) is 33.4 Å². The van der Waals surface area contributed by atoms with Gasteiger partial charge in [0, 0.05) is 13.1 Å². The van der Waals surface area contributed by atoms with E-state index in [1.807, 2.05) is 31.2 Å². The quantitative estimate of drug-likeness (QED) is 0.783. The van der Waals surface area contributed by atoms with Gasteiger partial charge in [-0.25, -0.2) is 0 Å². The Morgan fingerprint density at radius 3 is 2.76 bits per heavy atom. The minimum absolute atomic E-state index is 0.201. The summed E-state index contributed by atoms with van der Waals surface area (Å²) in [5.74, 6) is 1.29. The molecule has 0 amide bonds. The van der Waals surface area contributed by atoms with Gasteiger partial charge in [-0.3, -0.25) is 0 Å². The van der Waals surface area contributed by atoms with E-state index in [0.717, 1.165) is 44.0 Å². The van der Waals surface area contributed by atoms with Crippen LogP contribution in [0.15, 0.2) is 24.3 Å². The van der Waals surface area contributed by atoms with Crippen LogP contribution in [0.4, 0.5) is 0 Å². The number of likely N-dealkylation sites (tertiary alicyclic amines) is 1. The maximum Gasteiger partial charge on any atom is 0.118 e. The lowest BCUT2D eigenvalue weighted by Gasteiger charge is -2.33. The highest BCUT2D eigenvalue weighted by Crippen LogP contribution is 2.19. The molecule has 0 saturated carbocycles. The molecule has 0 aliphatic carbocycles. The van der Waals surface area contributed by atoms with Crippen LogP contribution in [-0.4, -0.2) is 49.5 Å². The van der Waals surface area contributed by atoms with E-state index >= 15 is 0 Å². The van der Waals surface area contributed by atoms with Crippen LogP contribution < -0.4 is 4.74 Å². The number of ether oxygens (including phenoxy) is 2. The van der Waals surface area contributed by atoms with Crippen LogP contribution in [0.1, 0.15) is 25.3 Å². The average molecular weight is 293 g/mol. The zero-order valence-electron chi connectivity index (χ0n) is 13.1. The fourth-order valence-corrected chi connectivity index (χ4v) is 2.79. The first-order chi connectivity index (χ1) is 10.2. The molecule has 1 fully saturated rings. The second-order valence-electron chi connectivity index (χ2n) is 5.84. The first-order valence-electron chi connectivity index (χ1n) is 7.80. The number of rotatable bonds is 7. The van der Waals surface area contributed by atoms with Gasteiger partial charge in [-0.1, -0.05) is 12.1 Å². The third kappa shape index (κ3) is 5.30. The van der Waals surface area contributed by atoms with E-state index in [-0.39, 0.29) is 6.10 Å². The normalized spacial score (nSPS) is 21.2. The molecule has 0 radical (unpaired) electrons. The number of methoxy groups -OCH3 is 1. The summed E-state index contributed by atoms with van der Waals surface area (Å²) in [7, 11) is 1.67. The molecule has 2 atom stereocenters. The third-order valence-corrected chi connectivity index (χ3v) is 4.20. The summed E-state index contributed by atoms with van der Waals surface area (Å²) in [6.45, 7) is 6.32. The van der Waals surface area contributed by atoms with E-state index in [9.17, 15) is 5.11 Å². The van der Waals surface area contributed by atoms with Crippen LogP contribution in [0.2, 0.25) is 0 Å². The van der Waals surface area contributed by atoms with Gasteiger partial charge in [-0.15, -0.1) is 0 Å². The SMILES string of the molecule is COc1ccc(COCCN2CCC[C@H]([C@@H](C)O)C2)cc1. The molecule has 118 valence electrons. The van der Waals surface area contributed by atoms with E-state index in [0.29, 0.717) is 12.5 Å². The Balaban J connectivity index is 1.64. The summed E-state index contributed by atoms with van der Waals surface area (Å²) < 4.78 is 10.9. The standard InChI is InChI=1S/C17H27NO3/c1-14(19)16-4-3-9-18(12-16)10-11-21-13-15-5-7-17(20-2)8-6-15/h5-8,14,16,19H,3-4,9-13H2,1-2H3/t14-,16+/m1/s1. The Bertz CT molecular complexity index is 405. The number of aliphatic hydroxyl groups excluding tert-OH is 1. The summed E-state index contributed by atoms with van der Waals surface area (Å²) in [4.78, 5) is 2.40. The van der Waals surface area contributed by atoms with Crippen molar-refractivity contribution in [2.45, 2.75) is 32.5 Å². The van der Waals surface area contributed by atoms with Crippen molar-refractivity contribution in [1.82, 2.24) is 4.90 Å². The van der Waals surface area contributed by atoms with Crippen LogP contribution in [0.5, 0.6) is 5.75 Å². The molecule has 1 heterocycles. The van der Waals surface area contributed by atoms with Gasteiger partial charge < -0.3 is 19.5 Å². The summed E-state index contributed by atoms with van der Waals surface area (Å²) in [6.07, 6.45) is 2.11. The highest BCUT2D eigenvalue weighted by atomic mass is 16.5. The Morgan fingerprint density at radius 1 is 1.33 bits per heavy atom. The van der Waals surface area contributed by atoms with Gasteiger partial charge in [0.15, 0.2) is 0 Å². The highest BCUT2D eigenvalue weighted by molar-refractivity contribution is 5.26. The number of nitrogens with zero attached hydrogens (tertiary/aromatic N) is 1. The predicted octanol–water partition coefficient (Wildman–Crippen LogP) is 2.30. The van der Waals surface area contributed by atoms with Gasteiger partial charge >= 0.3 is 0 Å². The van der Waals surface area contributed by atoms with Gasteiger partial charge in [-0.05, 0) is 49.9 Å². The Hall–Kier alpha value is -1.10. The Labute approximate surface area is 127 Å². The highest BCUT2D eigenvalue weighted by Gasteiger charge is 2.22. The van der Waals surface area contributed by atoms with Crippen LogP contribution in [0.3, 0.4) is 0 Å². The molecule has 1 aliphatic heterocycles. The molecule has 21 heavy (non-hydrogen) atoms. The molecule has 0 spiro atoms. The zero-order chi connectivity index (χ0) is 15.1. The topological polar surface area (TPSA) is 41.9 Å². The lowest BCUT2D eigenvalue weighted by Crippen LogP contribution is -2.41. The van der Waals surface area contributed by atoms with Crippen LogP contribution in [-0.2, 0) is 11.3 Å². The molecule has 1 aromatic rings. The molecule has 0 unspecified atom stereocenters. The number of aliphatic hydroxyl groups is 1. The maximum absolute atomic E-state index is 9.69. The molecule has 1 aromatic carbocycles. The molecule has 1 saturated heterocycles. The van der Waals surface area contributed by atoms with Gasteiger partial charge in [0.2, 0.25) is 0 Å². The first-order valence-corrected chi connectivity index (χ1v) is 7.80.